The summed E-state index contributed by atoms with van der Waals surface area (Å²) in [6, 6.07) is 17.9. The number of hydrogen-bond donors (Lipinski definition) is 1. The lowest BCUT2D eigenvalue weighted by molar-refractivity contribution is 0.0923. The van der Waals surface area contributed by atoms with Gasteiger partial charge in [-0.1, -0.05) is 18.2 Å². The number of hydrazone groups is 1. The maximum absolute atomic E-state index is 12.1. The number of rotatable bonds is 8. The summed E-state index contributed by atoms with van der Waals surface area (Å²) in [6.45, 7) is 0.228. The van der Waals surface area contributed by atoms with Gasteiger partial charge in [-0.05, 0) is 48.0 Å². The van der Waals surface area contributed by atoms with Crippen LogP contribution in [0.4, 0.5) is 0 Å². The number of amides is 1. The van der Waals surface area contributed by atoms with Gasteiger partial charge in [-0.2, -0.15) is 5.10 Å². The Bertz CT molecular complexity index is 950. The van der Waals surface area contributed by atoms with Gasteiger partial charge in [-0.3, -0.25) is 4.79 Å². The van der Waals surface area contributed by atoms with Gasteiger partial charge in [-0.15, -0.1) is 0 Å². The van der Waals surface area contributed by atoms with Crippen molar-refractivity contribution in [3.05, 3.63) is 77.7 Å². The molecule has 3 rings (SSSR count). The highest BCUT2D eigenvalue weighted by Crippen LogP contribution is 2.26. The van der Waals surface area contributed by atoms with Gasteiger partial charge in [-0.25, -0.2) is 5.43 Å². The summed E-state index contributed by atoms with van der Waals surface area (Å²) in [4.78, 5) is 12.1. The molecule has 1 N–H and O–H groups in total. The summed E-state index contributed by atoms with van der Waals surface area (Å²) in [6.07, 6.45) is 1.50. The number of benzene rings is 2. The molecule has 7 heteroatoms. The Balaban J connectivity index is 1.55. The summed E-state index contributed by atoms with van der Waals surface area (Å²) in [5.74, 6) is 2.15. The van der Waals surface area contributed by atoms with E-state index in [4.69, 9.17) is 18.6 Å². The molecule has 144 valence electrons. The first-order chi connectivity index (χ1) is 13.7. The zero-order valence-corrected chi connectivity index (χ0v) is 15.5. The van der Waals surface area contributed by atoms with Gasteiger partial charge in [0.15, 0.2) is 17.3 Å². The van der Waals surface area contributed by atoms with Crippen LogP contribution in [0, 0.1) is 0 Å². The van der Waals surface area contributed by atoms with Crippen molar-refractivity contribution in [2.75, 3.05) is 14.2 Å². The number of para-hydroxylation sites is 1. The Kier molecular flexibility index (Phi) is 6.30. The quantitative estimate of drug-likeness (QED) is 0.477. The van der Waals surface area contributed by atoms with Crippen LogP contribution in [0.3, 0.4) is 0 Å². The molecule has 0 fully saturated rings. The molecule has 0 atom stereocenters. The lowest BCUT2D eigenvalue weighted by atomic mass is 10.2. The highest BCUT2D eigenvalue weighted by molar-refractivity contribution is 5.92. The van der Waals surface area contributed by atoms with E-state index < -0.39 is 5.91 Å². The first-order valence-corrected chi connectivity index (χ1v) is 8.51. The van der Waals surface area contributed by atoms with Crippen LogP contribution in [-0.4, -0.2) is 26.3 Å². The Morgan fingerprint density at radius 1 is 1.04 bits per heavy atom. The molecule has 7 nitrogen and oxygen atoms in total. The van der Waals surface area contributed by atoms with Gasteiger partial charge in [0, 0.05) is 0 Å². The van der Waals surface area contributed by atoms with Crippen LogP contribution >= 0.6 is 0 Å². The Morgan fingerprint density at radius 3 is 2.57 bits per heavy atom. The molecule has 1 heterocycles. The van der Waals surface area contributed by atoms with Gasteiger partial charge in [0.2, 0.25) is 0 Å². The van der Waals surface area contributed by atoms with Crippen molar-refractivity contribution in [3.8, 4) is 17.2 Å². The predicted octanol–water partition coefficient (Wildman–Crippen LogP) is 3.64. The number of hydrogen-bond acceptors (Lipinski definition) is 6. The average molecular weight is 380 g/mol. The Morgan fingerprint density at radius 2 is 1.82 bits per heavy atom. The highest BCUT2D eigenvalue weighted by atomic mass is 16.5. The molecular formula is C21H20N2O5. The van der Waals surface area contributed by atoms with E-state index in [0.717, 1.165) is 11.3 Å². The number of nitrogens with zero attached hydrogens (tertiary/aromatic N) is 1. The summed E-state index contributed by atoms with van der Waals surface area (Å²) in [7, 11) is 3.12. The topological polar surface area (TPSA) is 82.3 Å². The number of ether oxygens (including phenoxy) is 3. The zero-order valence-electron chi connectivity index (χ0n) is 15.5. The molecule has 0 aliphatic heterocycles. The summed E-state index contributed by atoms with van der Waals surface area (Å²) in [5.41, 5.74) is 3.17. The summed E-state index contributed by atoms with van der Waals surface area (Å²) >= 11 is 0. The van der Waals surface area contributed by atoms with E-state index in [-0.39, 0.29) is 12.4 Å². The van der Waals surface area contributed by atoms with E-state index in [2.05, 4.69) is 10.5 Å². The molecule has 0 saturated heterocycles. The maximum atomic E-state index is 12.1. The number of methoxy groups -OCH3 is 2. The number of carbonyl (C=O) groups excluding carboxylic acids is 1. The van der Waals surface area contributed by atoms with E-state index in [0.29, 0.717) is 17.3 Å². The van der Waals surface area contributed by atoms with Crippen LogP contribution in [0.2, 0.25) is 0 Å². The molecular weight excluding hydrogens is 360 g/mol. The molecule has 0 unspecified atom stereocenters. The zero-order chi connectivity index (χ0) is 19.8. The van der Waals surface area contributed by atoms with Crippen molar-refractivity contribution in [2.24, 2.45) is 5.10 Å². The van der Waals surface area contributed by atoms with Crippen LogP contribution in [0.1, 0.15) is 21.9 Å². The van der Waals surface area contributed by atoms with Crippen molar-refractivity contribution in [1.82, 2.24) is 5.43 Å². The van der Waals surface area contributed by atoms with Crippen molar-refractivity contribution >= 4 is 12.1 Å². The molecule has 28 heavy (non-hydrogen) atoms. The first kappa shape index (κ1) is 19.0. The van der Waals surface area contributed by atoms with Gasteiger partial charge in [0.25, 0.3) is 0 Å². The summed E-state index contributed by atoms with van der Waals surface area (Å²) in [5, 5.41) is 3.94. The third-order valence-electron chi connectivity index (χ3n) is 3.80. The van der Waals surface area contributed by atoms with E-state index in [1.807, 2.05) is 30.3 Å². The number of furan rings is 1. The van der Waals surface area contributed by atoms with E-state index in [1.165, 1.54) is 6.21 Å². The van der Waals surface area contributed by atoms with Gasteiger partial charge >= 0.3 is 5.91 Å². The van der Waals surface area contributed by atoms with Gasteiger partial charge in [0.05, 0.1) is 20.4 Å². The first-order valence-electron chi connectivity index (χ1n) is 8.51. The smallest absolute Gasteiger partial charge is 0.307 e. The molecule has 0 bridgehead atoms. The third kappa shape index (κ3) is 4.91. The lowest BCUT2D eigenvalue weighted by Gasteiger charge is -2.07. The van der Waals surface area contributed by atoms with Gasteiger partial charge in [0.1, 0.15) is 18.1 Å². The minimum Gasteiger partial charge on any atom is -0.493 e. The predicted molar refractivity (Wildman–Crippen MR) is 104 cm³/mol. The second-order valence-corrected chi connectivity index (χ2v) is 5.68. The average Bonchev–Trinajstić information content (AvgIpc) is 3.22. The molecule has 0 radical (unpaired) electrons. The van der Waals surface area contributed by atoms with Crippen LogP contribution in [-0.2, 0) is 6.61 Å². The molecule has 0 saturated carbocycles. The Hall–Kier alpha value is -3.74. The van der Waals surface area contributed by atoms with E-state index in [1.54, 1.807) is 44.6 Å². The molecule has 2 aromatic carbocycles. The van der Waals surface area contributed by atoms with Crippen molar-refractivity contribution in [1.29, 1.82) is 0 Å². The maximum Gasteiger partial charge on any atom is 0.307 e. The third-order valence-corrected chi connectivity index (χ3v) is 3.80. The van der Waals surface area contributed by atoms with Crippen molar-refractivity contribution in [2.45, 2.75) is 6.61 Å². The monoisotopic (exact) mass is 380 g/mol. The summed E-state index contributed by atoms with van der Waals surface area (Å²) < 4.78 is 21.5. The minimum absolute atomic E-state index is 0.149. The molecule has 3 aromatic rings. The van der Waals surface area contributed by atoms with Crippen molar-refractivity contribution < 1.29 is 23.4 Å². The largest absolute Gasteiger partial charge is 0.493 e. The standard InChI is InChI=1S/C21H20N2O5/c1-25-18-10-8-15(12-20(18)26-2)13-22-23-21(24)19-11-9-17(28-19)14-27-16-6-4-3-5-7-16/h3-13H,14H2,1-2H3,(H,23,24)/b22-13-. The molecule has 0 aliphatic carbocycles. The highest BCUT2D eigenvalue weighted by Gasteiger charge is 2.11. The fourth-order valence-electron chi connectivity index (χ4n) is 2.40. The molecule has 0 aliphatic rings. The second-order valence-electron chi connectivity index (χ2n) is 5.68. The Labute approximate surface area is 162 Å². The van der Waals surface area contributed by atoms with Crippen molar-refractivity contribution in [3.63, 3.8) is 0 Å². The second kappa shape index (κ2) is 9.27. The lowest BCUT2D eigenvalue weighted by Crippen LogP contribution is -2.16. The minimum atomic E-state index is -0.456. The van der Waals surface area contributed by atoms with Crippen LogP contribution in [0.5, 0.6) is 17.2 Å². The fraction of sp³-hybridized carbons (Fsp3) is 0.143. The van der Waals surface area contributed by atoms with Crippen LogP contribution in [0.25, 0.3) is 0 Å². The van der Waals surface area contributed by atoms with Crippen LogP contribution in [0.15, 0.2) is 70.2 Å². The van der Waals surface area contributed by atoms with Crippen LogP contribution < -0.4 is 19.6 Å². The molecule has 1 amide bonds. The molecule has 0 spiro atoms. The van der Waals surface area contributed by atoms with E-state index >= 15 is 0 Å². The normalized spacial score (nSPS) is 10.6. The number of nitrogens with one attached hydrogen (secondary N) is 1. The fourth-order valence-corrected chi connectivity index (χ4v) is 2.40. The van der Waals surface area contributed by atoms with Gasteiger partial charge < -0.3 is 18.6 Å². The number of carbonyl (C=O) groups is 1. The molecule has 1 aromatic heterocycles. The van der Waals surface area contributed by atoms with E-state index in [9.17, 15) is 4.79 Å². The SMILES string of the molecule is COc1ccc(/C=N\NC(=O)c2ccc(COc3ccccc3)o2)cc1OC.